The van der Waals surface area contributed by atoms with Crippen molar-refractivity contribution in [2.24, 2.45) is 0 Å². The molecule has 38 heavy (non-hydrogen) atoms. The van der Waals surface area contributed by atoms with E-state index in [0.29, 0.717) is 12.1 Å². The molecule has 0 aromatic heterocycles. The minimum atomic E-state index is -6.24. The van der Waals surface area contributed by atoms with Crippen molar-refractivity contribution >= 4 is 21.5 Å². The fraction of sp³-hybridized carbons (Fsp3) is 0.231. The zero-order chi connectivity index (χ0) is 28.3. The molecule has 4 aromatic carbocycles. The SMILES string of the molecule is O[C@H](c1ccc2ccccc2c1-c1c([C@@H](O)C(F)(F)C(F)(F)F)ccc2ccccc12)C(F)(F)C(F)(F)F. The number of hydrogen-bond acceptors (Lipinski definition) is 2. The zero-order valence-electron chi connectivity index (χ0n) is 18.8. The molecule has 0 bridgehead atoms. The first kappa shape index (κ1) is 27.6. The average molecular weight is 550 g/mol. The van der Waals surface area contributed by atoms with E-state index in [0.717, 1.165) is 12.1 Å². The van der Waals surface area contributed by atoms with Crippen molar-refractivity contribution in [3.63, 3.8) is 0 Å². The summed E-state index contributed by atoms with van der Waals surface area (Å²) in [6, 6.07) is 14.4. The van der Waals surface area contributed by atoms with Crippen molar-refractivity contribution in [3.8, 4) is 11.1 Å². The van der Waals surface area contributed by atoms with Crippen molar-refractivity contribution in [2.45, 2.75) is 36.4 Å². The van der Waals surface area contributed by atoms with Crippen LogP contribution in [0.25, 0.3) is 32.7 Å². The number of fused-ring (bicyclic) bond motifs is 2. The Hall–Kier alpha value is -3.38. The molecule has 12 heteroatoms. The fourth-order valence-electron chi connectivity index (χ4n) is 4.29. The Morgan fingerprint density at radius 2 is 0.763 bits per heavy atom. The predicted octanol–water partition coefficient (Wildman–Crippen LogP) is 8.12. The summed E-state index contributed by atoms with van der Waals surface area (Å²) < 4.78 is 136. The molecule has 0 amide bonds. The number of hydrogen-bond donors (Lipinski definition) is 2. The average Bonchev–Trinajstić information content (AvgIpc) is 2.85. The molecular weight excluding hydrogens is 534 g/mol. The van der Waals surface area contributed by atoms with Crippen molar-refractivity contribution in [2.75, 3.05) is 0 Å². The van der Waals surface area contributed by atoms with Gasteiger partial charge in [-0.05, 0) is 43.8 Å². The summed E-state index contributed by atoms with van der Waals surface area (Å²) in [5, 5.41) is 20.7. The molecule has 0 unspecified atom stereocenters. The van der Waals surface area contributed by atoms with E-state index in [4.69, 9.17) is 0 Å². The first-order chi connectivity index (χ1) is 17.5. The Kier molecular flexibility index (Phi) is 6.64. The van der Waals surface area contributed by atoms with Crippen LogP contribution in [0.1, 0.15) is 23.3 Å². The lowest BCUT2D eigenvalue weighted by atomic mass is 9.82. The van der Waals surface area contributed by atoms with Crippen LogP contribution in [0.4, 0.5) is 43.9 Å². The van der Waals surface area contributed by atoms with Crippen molar-refractivity contribution < 1.29 is 54.1 Å². The molecule has 0 fully saturated rings. The summed E-state index contributed by atoms with van der Waals surface area (Å²) in [4.78, 5) is 0. The highest BCUT2D eigenvalue weighted by molar-refractivity contribution is 6.08. The second-order valence-electron chi connectivity index (χ2n) is 8.55. The van der Waals surface area contributed by atoms with Gasteiger partial charge in [0.15, 0.2) is 12.2 Å². The lowest BCUT2D eigenvalue weighted by molar-refractivity contribution is -0.315. The molecule has 2 atom stereocenters. The third kappa shape index (κ3) is 4.35. The maximum absolute atomic E-state index is 14.3. The van der Waals surface area contributed by atoms with Crippen LogP contribution in [0.5, 0.6) is 0 Å². The summed E-state index contributed by atoms with van der Waals surface area (Å²) >= 11 is 0. The van der Waals surface area contributed by atoms with E-state index in [1.807, 2.05) is 0 Å². The van der Waals surface area contributed by atoms with E-state index in [9.17, 15) is 54.1 Å². The van der Waals surface area contributed by atoms with Crippen LogP contribution >= 0.6 is 0 Å². The number of benzene rings is 4. The monoisotopic (exact) mass is 550 g/mol. The van der Waals surface area contributed by atoms with Crippen LogP contribution in [0.3, 0.4) is 0 Å². The fourth-order valence-corrected chi connectivity index (χ4v) is 4.29. The molecular formula is C26H16F10O2. The number of rotatable bonds is 5. The maximum Gasteiger partial charge on any atom is 0.456 e. The van der Waals surface area contributed by atoms with Gasteiger partial charge in [0, 0.05) is 0 Å². The Balaban J connectivity index is 2.18. The molecule has 0 radical (unpaired) electrons. The highest BCUT2D eigenvalue weighted by Gasteiger charge is 2.64. The minimum Gasteiger partial charge on any atom is -0.382 e. The molecule has 0 spiro atoms. The summed E-state index contributed by atoms with van der Waals surface area (Å²) in [5.74, 6) is -11.5. The van der Waals surface area contributed by atoms with E-state index >= 15 is 0 Å². The van der Waals surface area contributed by atoms with Crippen LogP contribution < -0.4 is 0 Å². The number of halogens is 10. The van der Waals surface area contributed by atoms with E-state index < -0.39 is 58.7 Å². The molecule has 0 saturated carbocycles. The Morgan fingerprint density at radius 1 is 0.447 bits per heavy atom. The number of aliphatic hydroxyl groups is 2. The van der Waals surface area contributed by atoms with Gasteiger partial charge in [0.1, 0.15) is 0 Å². The van der Waals surface area contributed by atoms with E-state index in [1.54, 1.807) is 0 Å². The Morgan fingerprint density at radius 3 is 1.08 bits per heavy atom. The highest BCUT2D eigenvalue weighted by atomic mass is 19.4. The van der Waals surface area contributed by atoms with Crippen LogP contribution in [0.15, 0.2) is 72.8 Å². The molecule has 0 aliphatic heterocycles. The summed E-state index contributed by atoms with van der Waals surface area (Å²) in [7, 11) is 0. The molecule has 4 rings (SSSR count). The van der Waals surface area contributed by atoms with Crippen LogP contribution in [0, 0.1) is 0 Å². The molecule has 202 valence electrons. The summed E-state index contributed by atoms with van der Waals surface area (Å²) in [6.45, 7) is 0. The van der Waals surface area contributed by atoms with E-state index in [-0.39, 0.29) is 21.5 Å². The quantitative estimate of drug-likeness (QED) is 0.247. The van der Waals surface area contributed by atoms with Crippen molar-refractivity contribution in [1.82, 2.24) is 0 Å². The van der Waals surface area contributed by atoms with E-state index in [2.05, 4.69) is 0 Å². The van der Waals surface area contributed by atoms with Gasteiger partial charge in [0.2, 0.25) is 0 Å². The minimum absolute atomic E-state index is 0.137. The first-order valence-corrected chi connectivity index (χ1v) is 10.8. The van der Waals surface area contributed by atoms with Gasteiger partial charge in [-0.3, -0.25) is 0 Å². The molecule has 0 heterocycles. The number of aliphatic hydroxyl groups excluding tert-OH is 2. The van der Waals surface area contributed by atoms with Gasteiger partial charge in [-0.1, -0.05) is 72.8 Å². The van der Waals surface area contributed by atoms with Gasteiger partial charge < -0.3 is 10.2 Å². The second-order valence-corrected chi connectivity index (χ2v) is 8.55. The number of alkyl halides is 10. The van der Waals surface area contributed by atoms with Gasteiger partial charge in [-0.2, -0.15) is 43.9 Å². The van der Waals surface area contributed by atoms with Gasteiger partial charge >= 0.3 is 24.2 Å². The highest BCUT2D eigenvalue weighted by Crippen LogP contribution is 2.52. The lowest BCUT2D eigenvalue weighted by Gasteiger charge is -2.30. The molecule has 0 aliphatic carbocycles. The van der Waals surface area contributed by atoms with Crippen molar-refractivity contribution in [1.29, 1.82) is 0 Å². The third-order valence-corrected chi connectivity index (χ3v) is 6.20. The van der Waals surface area contributed by atoms with E-state index in [1.165, 1.54) is 48.5 Å². The maximum atomic E-state index is 14.3. The lowest BCUT2D eigenvalue weighted by Crippen LogP contribution is -2.42. The van der Waals surface area contributed by atoms with Gasteiger partial charge in [0.05, 0.1) is 0 Å². The van der Waals surface area contributed by atoms with Crippen molar-refractivity contribution in [3.05, 3.63) is 83.9 Å². The Labute approximate surface area is 207 Å². The molecule has 2 N–H and O–H groups in total. The largest absolute Gasteiger partial charge is 0.456 e. The topological polar surface area (TPSA) is 40.5 Å². The predicted molar refractivity (Wildman–Crippen MR) is 119 cm³/mol. The second kappa shape index (κ2) is 9.12. The summed E-state index contributed by atoms with van der Waals surface area (Å²) in [6.07, 6.45) is -19.6. The Bertz CT molecular complexity index is 1380. The third-order valence-electron chi connectivity index (χ3n) is 6.20. The van der Waals surface area contributed by atoms with Crippen LogP contribution in [-0.2, 0) is 0 Å². The molecule has 2 nitrogen and oxygen atoms in total. The first-order valence-electron chi connectivity index (χ1n) is 10.8. The van der Waals surface area contributed by atoms with Crippen LogP contribution in [-0.4, -0.2) is 34.4 Å². The normalized spacial score (nSPS) is 15.2. The summed E-state index contributed by atoms with van der Waals surface area (Å²) in [5.41, 5.74) is -3.51. The van der Waals surface area contributed by atoms with Gasteiger partial charge in [0.25, 0.3) is 0 Å². The van der Waals surface area contributed by atoms with Gasteiger partial charge in [-0.15, -0.1) is 0 Å². The zero-order valence-corrected chi connectivity index (χ0v) is 18.8. The molecule has 0 aliphatic rings. The van der Waals surface area contributed by atoms with Crippen LogP contribution in [0.2, 0.25) is 0 Å². The molecule has 0 saturated heterocycles. The van der Waals surface area contributed by atoms with Gasteiger partial charge in [-0.25, -0.2) is 0 Å². The molecule has 4 aromatic rings. The smallest absolute Gasteiger partial charge is 0.382 e. The standard InChI is InChI=1S/C26H16F10O2/c27-23(28,25(31,32)33)21(37)17-11-9-13-5-1-3-7-15(13)19(17)20-16-8-4-2-6-14(16)10-12-18(20)22(38)24(29,30)26(34,35)36/h1-12,21-22,37-38H/t21-,22-/m1/s1.